The number of carbonyl (C=O) groups is 2. The summed E-state index contributed by atoms with van der Waals surface area (Å²) in [5, 5.41) is 16.1. The number of halogens is 2. The number of aryl methyl sites for hydroxylation is 1. The maximum atomic E-state index is 13.1. The predicted octanol–water partition coefficient (Wildman–Crippen LogP) is 8.14. The fourth-order valence-electron chi connectivity index (χ4n) is 4.33. The third-order valence-electron chi connectivity index (χ3n) is 6.94. The van der Waals surface area contributed by atoms with E-state index in [4.69, 9.17) is 33.0 Å². The number of amides is 4. The fourth-order valence-corrected chi connectivity index (χ4v) is 4.76. The molecule has 11 heteroatoms. The summed E-state index contributed by atoms with van der Waals surface area (Å²) in [4.78, 5) is 25.0. The highest BCUT2D eigenvalue weighted by molar-refractivity contribution is 6.45. The number of hydrogen-bond donors (Lipinski definition) is 4. The minimum atomic E-state index is -0.507. The van der Waals surface area contributed by atoms with Crippen molar-refractivity contribution in [3.05, 3.63) is 99.3 Å². The van der Waals surface area contributed by atoms with Gasteiger partial charge in [0.15, 0.2) is 0 Å². The highest BCUT2D eigenvalue weighted by Crippen LogP contribution is 2.38. The number of urea groups is 2. The van der Waals surface area contributed by atoms with Gasteiger partial charge >= 0.3 is 12.1 Å². The Balaban J connectivity index is 1.48. The normalized spacial score (nSPS) is 14.7. The summed E-state index contributed by atoms with van der Waals surface area (Å²) < 4.78 is 7.70. The van der Waals surface area contributed by atoms with Gasteiger partial charge in [-0.15, -0.1) is 0 Å². The van der Waals surface area contributed by atoms with Gasteiger partial charge in [0.1, 0.15) is 23.2 Å². The van der Waals surface area contributed by atoms with Crippen LogP contribution in [-0.4, -0.2) is 35.5 Å². The fraction of sp³-hybridized carbons (Fsp3) is 0.303. The monoisotopic (exact) mass is 636 g/mol. The molecular weight excluding hydrogens is 599 g/mol. The Bertz CT molecular complexity index is 1620. The summed E-state index contributed by atoms with van der Waals surface area (Å²) in [6, 6.07) is 12.2. The van der Waals surface area contributed by atoms with E-state index < -0.39 is 6.03 Å². The summed E-state index contributed by atoms with van der Waals surface area (Å²) in [6.07, 6.45) is 8.75. The van der Waals surface area contributed by atoms with Gasteiger partial charge in [0.2, 0.25) is 0 Å². The Labute approximate surface area is 268 Å². The van der Waals surface area contributed by atoms with Gasteiger partial charge in [-0.3, -0.25) is 5.32 Å². The average Bonchev–Trinajstić information content (AvgIpc) is 3.30. The van der Waals surface area contributed by atoms with Crippen LogP contribution in [0.4, 0.5) is 21.1 Å². The van der Waals surface area contributed by atoms with Crippen LogP contribution in [0.15, 0.2) is 78.0 Å². The number of anilines is 2. The molecule has 4 rings (SSSR count). The lowest BCUT2D eigenvalue weighted by molar-refractivity contribution is 0.245. The van der Waals surface area contributed by atoms with Crippen molar-refractivity contribution in [2.24, 2.45) is 5.92 Å². The number of aromatic nitrogens is 2. The van der Waals surface area contributed by atoms with Crippen molar-refractivity contribution in [3.63, 3.8) is 0 Å². The van der Waals surface area contributed by atoms with Gasteiger partial charge in [0.05, 0.1) is 22.1 Å². The molecule has 0 fully saturated rings. The second kappa shape index (κ2) is 14.1. The number of carbonyl (C=O) groups excluding carboxylic acids is 2. The number of ether oxygens (including phenoxy) is 1. The molecule has 9 nitrogen and oxygen atoms in total. The van der Waals surface area contributed by atoms with Gasteiger partial charge in [-0.1, -0.05) is 86.8 Å². The van der Waals surface area contributed by atoms with Crippen LogP contribution in [0.25, 0.3) is 5.69 Å². The molecule has 3 aromatic rings. The van der Waals surface area contributed by atoms with Gasteiger partial charge in [-0.05, 0) is 55.2 Å². The zero-order valence-corrected chi connectivity index (χ0v) is 27.2. The van der Waals surface area contributed by atoms with Crippen molar-refractivity contribution in [2.75, 3.05) is 24.3 Å². The predicted molar refractivity (Wildman–Crippen MR) is 178 cm³/mol. The Morgan fingerprint density at radius 1 is 1.00 bits per heavy atom. The molecule has 4 amide bonds. The lowest BCUT2D eigenvalue weighted by Crippen LogP contribution is -2.31. The summed E-state index contributed by atoms with van der Waals surface area (Å²) in [5.41, 5.74) is 4.36. The molecule has 0 bridgehead atoms. The molecular formula is C33H38Cl2N6O3. The maximum absolute atomic E-state index is 13.1. The summed E-state index contributed by atoms with van der Waals surface area (Å²) >= 11 is 13.1. The quantitative estimate of drug-likeness (QED) is 0.200. The van der Waals surface area contributed by atoms with Crippen LogP contribution in [0.2, 0.25) is 10.0 Å². The Hall–Kier alpha value is -4.21. The molecule has 4 N–H and O–H groups in total. The molecule has 0 saturated heterocycles. The molecule has 1 aliphatic rings. The molecule has 0 radical (unpaired) electrons. The van der Waals surface area contributed by atoms with Crippen LogP contribution >= 0.6 is 23.2 Å². The van der Waals surface area contributed by atoms with Gasteiger partial charge in [-0.25, -0.2) is 14.3 Å². The second-order valence-corrected chi connectivity index (χ2v) is 12.3. The first-order valence-corrected chi connectivity index (χ1v) is 15.1. The zero-order valence-electron chi connectivity index (χ0n) is 25.7. The van der Waals surface area contributed by atoms with Crippen molar-refractivity contribution < 1.29 is 14.3 Å². The van der Waals surface area contributed by atoms with E-state index in [1.54, 1.807) is 23.9 Å². The Morgan fingerprint density at radius 3 is 2.39 bits per heavy atom. The first-order chi connectivity index (χ1) is 20.9. The first kappa shape index (κ1) is 32.7. The van der Waals surface area contributed by atoms with Crippen LogP contribution < -0.4 is 26.0 Å². The average molecular weight is 638 g/mol. The summed E-state index contributed by atoms with van der Waals surface area (Å²) in [7, 11) is 1.56. The van der Waals surface area contributed by atoms with Crippen LogP contribution in [0.5, 0.6) is 5.75 Å². The minimum Gasteiger partial charge on any atom is -0.487 e. The van der Waals surface area contributed by atoms with Gasteiger partial charge in [-0.2, -0.15) is 5.10 Å². The van der Waals surface area contributed by atoms with Crippen LogP contribution in [-0.2, 0) is 5.41 Å². The minimum absolute atomic E-state index is 0.139. The van der Waals surface area contributed by atoms with E-state index in [1.807, 2.05) is 55.5 Å². The molecule has 1 aliphatic carbocycles. The van der Waals surface area contributed by atoms with Crippen molar-refractivity contribution in [2.45, 2.75) is 46.5 Å². The van der Waals surface area contributed by atoms with E-state index in [9.17, 15) is 9.59 Å². The largest absolute Gasteiger partial charge is 0.487 e. The number of allylic oxidation sites excluding steroid dienone is 3. The molecule has 0 spiro atoms. The van der Waals surface area contributed by atoms with Crippen molar-refractivity contribution in [1.82, 2.24) is 20.4 Å². The molecule has 0 saturated carbocycles. The third kappa shape index (κ3) is 8.24. The lowest BCUT2D eigenvalue weighted by atomic mass is 9.92. The van der Waals surface area contributed by atoms with Crippen molar-refractivity contribution >= 4 is 46.8 Å². The molecule has 2 aromatic carbocycles. The second-order valence-electron chi connectivity index (χ2n) is 11.5. The van der Waals surface area contributed by atoms with Crippen LogP contribution in [0.3, 0.4) is 0 Å². The van der Waals surface area contributed by atoms with Crippen molar-refractivity contribution in [1.29, 1.82) is 0 Å². The number of benzene rings is 2. The molecule has 0 aliphatic heterocycles. The van der Waals surface area contributed by atoms with Crippen LogP contribution in [0, 0.1) is 12.8 Å². The third-order valence-corrected chi connectivity index (χ3v) is 7.80. The zero-order chi connectivity index (χ0) is 32.0. The van der Waals surface area contributed by atoms with E-state index in [0.717, 1.165) is 28.9 Å². The smallest absolute Gasteiger partial charge is 0.324 e. The molecule has 1 unspecified atom stereocenters. The van der Waals surface area contributed by atoms with Crippen LogP contribution in [0.1, 0.15) is 45.4 Å². The van der Waals surface area contributed by atoms with Gasteiger partial charge in [0, 0.05) is 24.2 Å². The van der Waals surface area contributed by atoms with Gasteiger partial charge in [0.25, 0.3) is 0 Å². The Morgan fingerprint density at radius 2 is 1.73 bits per heavy atom. The molecule has 1 aromatic heterocycles. The van der Waals surface area contributed by atoms with E-state index in [2.05, 4.69) is 55.0 Å². The summed E-state index contributed by atoms with van der Waals surface area (Å²) in [6.45, 7) is 10.5. The molecule has 232 valence electrons. The molecule has 1 heterocycles. The van der Waals surface area contributed by atoms with E-state index in [0.29, 0.717) is 23.0 Å². The first-order valence-electron chi connectivity index (χ1n) is 14.3. The lowest BCUT2D eigenvalue weighted by Gasteiger charge is -2.14. The summed E-state index contributed by atoms with van der Waals surface area (Å²) in [5.74, 6) is 1.03. The van der Waals surface area contributed by atoms with Crippen molar-refractivity contribution in [3.8, 4) is 11.4 Å². The highest BCUT2D eigenvalue weighted by Gasteiger charge is 2.22. The van der Waals surface area contributed by atoms with E-state index >= 15 is 0 Å². The maximum Gasteiger partial charge on any atom is 0.324 e. The Kier molecular flexibility index (Phi) is 10.4. The molecule has 1 atom stereocenters. The molecule has 44 heavy (non-hydrogen) atoms. The van der Waals surface area contributed by atoms with E-state index in [-0.39, 0.29) is 34.0 Å². The highest BCUT2D eigenvalue weighted by atomic mass is 35.5. The standard InChI is InChI=1S/C33H38Cl2N6O3/c1-7-21-10-11-22(17-23(16-21)37-31(42)36-6)19-44-26-15-14-25(29(34)30(26)35)38-32(43)39-28-18-27(33(3,4)5)40-41(28)24-12-8-20(2)9-13-24/h8-18,21H,7,19H2,1-6H3,(H2,36,37,42)(H2,38,39,43). The number of nitrogens with zero attached hydrogens (tertiary/aromatic N) is 2. The van der Waals surface area contributed by atoms with Gasteiger partial charge < -0.3 is 20.7 Å². The number of nitrogens with one attached hydrogen (secondary N) is 4. The number of hydrogen-bond acceptors (Lipinski definition) is 4. The van der Waals surface area contributed by atoms with E-state index in [1.165, 1.54) is 0 Å². The SMILES string of the molecule is CCC1C=CC(COc2ccc(NC(=O)Nc3cc(C(C)(C)C)nn3-c3ccc(C)cc3)c(Cl)c2Cl)=CC(NC(=O)NC)=C1. The number of rotatable bonds is 8. The topological polar surface area (TPSA) is 109 Å².